The van der Waals surface area contributed by atoms with Gasteiger partial charge in [0.2, 0.25) is 9.84 Å². The topological polar surface area (TPSA) is 100 Å². The minimum absolute atomic E-state index is 0.0601. The molecule has 0 fully saturated rings. The minimum Gasteiger partial charge on any atom is -0.504 e. The number of benzene rings is 1. The Morgan fingerprint density at radius 3 is 2.78 bits per heavy atom. The average Bonchev–Trinajstić information content (AvgIpc) is 2.56. The molecular formula is C16H14N2O4S. The van der Waals surface area contributed by atoms with Crippen molar-refractivity contribution >= 4 is 15.9 Å². The van der Waals surface area contributed by atoms with E-state index in [1.54, 1.807) is 19.1 Å². The smallest absolute Gasteiger partial charge is 0.233 e. The second-order valence-electron chi connectivity index (χ2n) is 4.45. The number of hydrogen-bond acceptors (Lipinski definition) is 6. The molecule has 23 heavy (non-hydrogen) atoms. The highest BCUT2D eigenvalue weighted by molar-refractivity contribution is 7.95. The zero-order chi connectivity index (χ0) is 16.9. The summed E-state index contributed by atoms with van der Waals surface area (Å²) in [4.78, 5) is 3.34. The van der Waals surface area contributed by atoms with Crippen LogP contribution in [0.3, 0.4) is 0 Å². The van der Waals surface area contributed by atoms with Crippen LogP contribution in [0.15, 0.2) is 52.5 Å². The van der Waals surface area contributed by atoms with E-state index in [1.165, 1.54) is 42.6 Å². The first-order chi connectivity index (χ1) is 11.0. The number of aromatic nitrogens is 1. The predicted octanol–water partition coefficient (Wildman–Crippen LogP) is 2.52. The van der Waals surface area contributed by atoms with E-state index in [9.17, 15) is 18.8 Å². The number of rotatable bonds is 5. The molecule has 0 atom stereocenters. The van der Waals surface area contributed by atoms with Crippen molar-refractivity contribution in [3.63, 3.8) is 0 Å². The van der Waals surface area contributed by atoms with Gasteiger partial charge in [0.05, 0.1) is 6.61 Å². The molecule has 1 heterocycles. The van der Waals surface area contributed by atoms with E-state index in [0.717, 1.165) is 0 Å². The number of ether oxygens (including phenoxy) is 1. The van der Waals surface area contributed by atoms with Crippen molar-refractivity contribution in [1.82, 2.24) is 4.98 Å². The van der Waals surface area contributed by atoms with Crippen molar-refractivity contribution in [3.05, 3.63) is 53.1 Å². The predicted molar refractivity (Wildman–Crippen MR) is 84.3 cm³/mol. The number of pyridine rings is 1. The van der Waals surface area contributed by atoms with Gasteiger partial charge < -0.3 is 9.84 Å². The minimum atomic E-state index is -4.00. The molecule has 7 heteroatoms. The molecule has 0 aliphatic carbocycles. The number of hydrogen-bond donors (Lipinski definition) is 1. The van der Waals surface area contributed by atoms with E-state index in [2.05, 4.69) is 4.98 Å². The van der Waals surface area contributed by atoms with Crippen molar-refractivity contribution in [3.8, 4) is 17.6 Å². The zero-order valence-corrected chi connectivity index (χ0v) is 13.1. The number of phenolic OH excluding ortho intramolecular Hbond substituents is 1. The van der Waals surface area contributed by atoms with Gasteiger partial charge >= 0.3 is 0 Å². The molecule has 6 nitrogen and oxygen atoms in total. The van der Waals surface area contributed by atoms with E-state index < -0.39 is 14.7 Å². The van der Waals surface area contributed by atoms with E-state index in [1.807, 2.05) is 0 Å². The third-order valence-corrected chi connectivity index (χ3v) is 4.47. The highest BCUT2D eigenvalue weighted by Crippen LogP contribution is 2.28. The lowest BCUT2D eigenvalue weighted by molar-refractivity contribution is 0.318. The SMILES string of the molecule is CCOc1cc(/C=C(\C#N)S(=O)(=O)c2ccccn2)ccc1O. The molecule has 118 valence electrons. The highest BCUT2D eigenvalue weighted by atomic mass is 32.2. The Balaban J connectivity index is 2.48. The normalized spacial score (nSPS) is 11.7. The Labute approximate surface area is 134 Å². The van der Waals surface area contributed by atoms with E-state index in [-0.39, 0.29) is 16.5 Å². The summed E-state index contributed by atoms with van der Waals surface area (Å²) in [6, 6.07) is 10.5. The first kappa shape index (κ1) is 16.5. The second kappa shape index (κ2) is 6.94. The average molecular weight is 330 g/mol. The lowest BCUT2D eigenvalue weighted by Gasteiger charge is -2.07. The van der Waals surface area contributed by atoms with Crippen molar-refractivity contribution in [1.29, 1.82) is 5.26 Å². The van der Waals surface area contributed by atoms with E-state index in [4.69, 9.17) is 4.74 Å². The Bertz CT molecular complexity index is 869. The third-order valence-electron chi connectivity index (χ3n) is 2.89. The third kappa shape index (κ3) is 3.67. The fourth-order valence-corrected chi connectivity index (χ4v) is 2.93. The zero-order valence-electron chi connectivity index (χ0n) is 12.3. The van der Waals surface area contributed by atoms with Gasteiger partial charge in [-0.25, -0.2) is 13.4 Å². The van der Waals surface area contributed by atoms with Crippen LogP contribution >= 0.6 is 0 Å². The van der Waals surface area contributed by atoms with Gasteiger partial charge in [0.1, 0.15) is 6.07 Å². The van der Waals surface area contributed by atoms with Crippen LogP contribution in [0.4, 0.5) is 0 Å². The summed E-state index contributed by atoms with van der Waals surface area (Å²) in [6.07, 6.45) is 2.56. The first-order valence-electron chi connectivity index (χ1n) is 6.72. The number of nitriles is 1. The summed E-state index contributed by atoms with van der Waals surface area (Å²) in [5.41, 5.74) is 0.419. The second-order valence-corrected chi connectivity index (χ2v) is 6.32. The molecule has 0 spiro atoms. The molecule has 1 aromatic heterocycles. The maximum Gasteiger partial charge on any atom is 0.233 e. The van der Waals surface area contributed by atoms with Crippen LogP contribution in [0.25, 0.3) is 6.08 Å². The molecule has 2 aromatic rings. The summed E-state index contributed by atoms with van der Waals surface area (Å²) in [5, 5.41) is 18.7. The lowest BCUT2D eigenvalue weighted by Crippen LogP contribution is -2.05. The largest absolute Gasteiger partial charge is 0.504 e. The number of allylic oxidation sites excluding steroid dienone is 1. The first-order valence-corrected chi connectivity index (χ1v) is 8.21. The Hall–Kier alpha value is -2.85. The molecule has 0 aliphatic heterocycles. The standard InChI is InChI=1S/C16H14N2O4S/c1-2-22-15-10-12(6-7-14(15)19)9-13(11-17)23(20,21)16-5-3-4-8-18-16/h3-10,19H,2H2,1H3/b13-9+. The summed E-state index contributed by atoms with van der Waals surface area (Å²) < 4.78 is 30.1. The molecule has 0 radical (unpaired) electrons. The Kier molecular flexibility index (Phi) is 4.98. The Morgan fingerprint density at radius 2 is 2.17 bits per heavy atom. The van der Waals surface area contributed by atoms with E-state index in [0.29, 0.717) is 12.2 Å². The molecule has 0 bridgehead atoms. The van der Waals surface area contributed by atoms with Gasteiger partial charge in [0.25, 0.3) is 0 Å². The number of sulfone groups is 1. The molecule has 0 unspecified atom stereocenters. The quantitative estimate of drug-likeness (QED) is 0.846. The van der Waals surface area contributed by atoms with Gasteiger partial charge in [-0.05, 0) is 42.8 Å². The van der Waals surface area contributed by atoms with Crippen LogP contribution in [0.2, 0.25) is 0 Å². The fraction of sp³-hybridized carbons (Fsp3) is 0.125. The number of aromatic hydroxyl groups is 1. The molecule has 0 saturated carbocycles. The molecule has 0 amide bonds. The van der Waals surface area contributed by atoms with E-state index >= 15 is 0 Å². The molecule has 2 rings (SSSR count). The van der Waals surface area contributed by atoms with Gasteiger partial charge in [-0.15, -0.1) is 0 Å². The van der Waals surface area contributed by atoms with Crippen LogP contribution in [-0.4, -0.2) is 25.1 Å². The van der Waals surface area contributed by atoms with Crippen LogP contribution in [0.1, 0.15) is 12.5 Å². The molecule has 0 saturated heterocycles. The fourth-order valence-electron chi connectivity index (χ4n) is 1.83. The van der Waals surface area contributed by atoms with Crippen molar-refractivity contribution in [2.75, 3.05) is 6.61 Å². The monoisotopic (exact) mass is 330 g/mol. The van der Waals surface area contributed by atoms with Crippen molar-refractivity contribution in [2.45, 2.75) is 11.9 Å². The van der Waals surface area contributed by atoms with Gasteiger partial charge in [0, 0.05) is 6.20 Å². The maximum atomic E-state index is 12.4. The number of phenols is 1. The van der Waals surface area contributed by atoms with Gasteiger partial charge in [-0.3, -0.25) is 0 Å². The van der Waals surface area contributed by atoms with Gasteiger partial charge in [-0.2, -0.15) is 5.26 Å². The van der Waals surface area contributed by atoms with Crippen molar-refractivity contribution in [2.24, 2.45) is 0 Å². The van der Waals surface area contributed by atoms with Crippen LogP contribution in [-0.2, 0) is 9.84 Å². The molecule has 0 aliphatic rings. The molecular weight excluding hydrogens is 316 g/mol. The summed E-state index contributed by atoms with van der Waals surface area (Å²) in [6.45, 7) is 2.10. The Morgan fingerprint density at radius 1 is 1.39 bits per heavy atom. The van der Waals surface area contributed by atoms with Gasteiger partial charge in [-0.1, -0.05) is 12.1 Å². The van der Waals surface area contributed by atoms with Crippen LogP contribution < -0.4 is 4.74 Å². The van der Waals surface area contributed by atoms with Crippen molar-refractivity contribution < 1.29 is 18.3 Å². The van der Waals surface area contributed by atoms with Crippen LogP contribution in [0.5, 0.6) is 11.5 Å². The lowest BCUT2D eigenvalue weighted by atomic mass is 10.2. The van der Waals surface area contributed by atoms with Gasteiger partial charge in [0.15, 0.2) is 21.4 Å². The highest BCUT2D eigenvalue weighted by Gasteiger charge is 2.22. The molecule has 1 aromatic carbocycles. The summed E-state index contributed by atoms with van der Waals surface area (Å²) >= 11 is 0. The summed E-state index contributed by atoms with van der Waals surface area (Å²) in [5.74, 6) is 0.156. The maximum absolute atomic E-state index is 12.4. The van der Waals surface area contributed by atoms with Crippen LogP contribution in [0, 0.1) is 11.3 Å². The number of nitrogens with zero attached hydrogens (tertiary/aromatic N) is 2. The summed E-state index contributed by atoms with van der Waals surface area (Å²) in [7, 11) is -4.00. The molecule has 1 N–H and O–H groups in total.